The molecule has 0 N–H and O–H groups in total. The summed E-state index contributed by atoms with van der Waals surface area (Å²) in [5.41, 5.74) is 2.44. The third kappa shape index (κ3) is 2.78. The summed E-state index contributed by atoms with van der Waals surface area (Å²) < 4.78 is 11.1. The molecule has 0 radical (unpaired) electrons. The number of ether oxygens (including phenoxy) is 1. The lowest BCUT2D eigenvalue weighted by atomic mass is 10.0. The number of carbonyl (C=O) groups excluding carboxylic acids is 1. The molecule has 2 aromatic carbocycles. The van der Waals surface area contributed by atoms with Gasteiger partial charge in [-0.25, -0.2) is 0 Å². The molecule has 1 aliphatic heterocycles. The third-order valence-electron chi connectivity index (χ3n) is 4.89. The van der Waals surface area contributed by atoms with Gasteiger partial charge in [-0.15, -0.1) is 0 Å². The van der Waals surface area contributed by atoms with Crippen molar-refractivity contribution < 1.29 is 13.9 Å². The van der Waals surface area contributed by atoms with Crippen LogP contribution in [0, 0.1) is 6.92 Å². The largest absolute Gasteiger partial charge is 0.497 e. The molecule has 2 heterocycles. The highest BCUT2D eigenvalue weighted by Crippen LogP contribution is 2.35. The van der Waals surface area contributed by atoms with Crippen LogP contribution in [0.2, 0.25) is 0 Å². The quantitative estimate of drug-likeness (QED) is 0.695. The fourth-order valence-electron chi connectivity index (χ4n) is 3.72. The Morgan fingerprint density at radius 1 is 1.20 bits per heavy atom. The number of rotatable bonds is 3. The van der Waals surface area contributed by atoms with Crippen LogP contribution in [0.1, 0.15) is 40.6 Å². The summed E-state index contributed by atoms with van der Waals surface area (Å²) in [6.07, 6.45) is 1.97. The van der Waals surface area contributed by atoms with E-state index in [4.69, 9.17) is 9.15 Å². The van der Waals surface area contributed by atoms with Crippen molar-refractivity contribution in [2.24, 2.45) is 0 Å². The zero-order valence-electron chi connectivity index (χ0n) is 14.5. The van der Waals surface area contributed by atoms with Gasteiger partial charge in [-0.1, -0.05) is 24.3 Å². The Bertz CT molecular complexity index is 928. The molecule has 1 atom stereocenters. The van der Waals surface area contributed by atoms with Crippen molar-refractivity contribution in [3.05, 3.63) is 65.4 Å². The van der Waals surface area contributed by atoms with E-state index >= 15 is 0 Å². The SMILES string of the molecule is COc1cccc([C@@H]2CCCN2C(=O)c2cccc3cc(C)oc23)c1. The van der Waals surface area contributed by atoms with Gasteiger partial charge in [-0.2, -0.15) is 0 Å². The minimum Gasteiger partial charge on any atom is -0.497 e. The Kier molecular flexibility index (Phi) is 3.96. The predicted octanol–water partition coefficient (Wildman–Crippen LogP) is 4.73. The number of furan rings is 1. The monoisotopic (exact) mass is 335 g/mol. The highest BCUT2D eigenvalue weighted by atomic mass is 16.5. The van der Waals surface area contributed by atoms with Crippen molar-refractivity contribution in [1.29, 1.82) is 0 Å². The first-order chi connectivity index (χ1) is 12.2. The van der Waals surface area contributed by atoms with Gasteiger partial charge in [-0.3, -0.25) is 4.79 Å². The Balaban J connectivity index is 1.70. The summed E-state index contributed by atoms with van der Waals surface area (Å²) in [7, 11) is 1.66. The fraction of sp³-hybridized carbons (Fsp3) is 0.286. The van der Waals surface area contributed by atoms with Crippen LogP contribution in [0.25, 0.3) is 11.0 Å². The molecule has 4 rings (SSSR count). The normalized spacial score (nSPS) is 17.2. The zero-order chi connectivity index (χ0) is 17.4. The highest BCUT2D eigenvalue weighted by Gasteiger charge is 2.32. The lowest BCUT2D eigenvalue weighted by Crippen LogP contribution is -2.30. The molecule has 0 saturated carbocycles. The molecule has 0 aliphatic carbocycles. The molecule has 4 heteroatoms. The van der Waals surface area contributed by atoms with E-state index in [1.165, 1.54) is 0 Å². The van der Waals surface area contributed by atoms with Crippen molar-refractivity contribution >= 4 is 16.9 Å². The maximum atomic E-state index is 13.2. The number of amides is 1. The van der Waals surface area contributed by atoms with Crippen LogP contribution >= 0.6 is 0 Å². The summed E-state index contributed by atoms with van der Waals surface area (Å²) in [5.74, 6) is 1.67. The van der Waals surface area contributed by atoms with Crippen molar-refractivity contribution in [2.45, 2.75) is 25.8 Å². The first-order valence-electron chi connectivity index (χ1n) is 8.61. The molecular weight excluding hydrogens is 314 g/mol. The van der Waals surface area contributed by atoms with E-state index in [0.717, 1.165) is 41.8 Å². The standard InChI is InChI=1S/C21H21NO3/c1-14-12-16-7-4-9-18(20(16)25-14)21(23)22-11-5-10-19(22)15-6-3-8-17(13-15)24-2/h3-4,6-9,12-13,19H,5,10-11H2,1-2H3/t19-/m0/s1. The lowest BCUT2D eigenvalue weighted by Gasteiger charge is -2.25. The summed E-state index contributed by atoms with van der Waals surface area (Å²) in [4.78, 5) is 15.2. The second-order valence-corrected chi connectivity index (χ2v) is 6.51. The van der Waals surface area contributed by atoms with Crippen LogP contribution in [0.5, 0.6) is 5.75 Å². The molecule has 4 nitrogen and oxygen atoms in total. The van der Waals surface area contributed by atoms with Crippen LogP contribution in [-0.2, 0) is 0 Å². The van der Waals surface area contributed by atoms with Gasteiger partial charge in [0.25, 0.3) is 5.91 Å². The van der Waals surface area contributed by atoms with E-state index in [2.05, 4.69) is 6.07 Å². The average molecular weight is 335 g/mol. The lowest BCUT2D eigenvalue weighted by molar-refractivity contribution is 0.0736. The number of para-hydroxylation sites is 1. The molecule has 0 spiro atoms. The topological polar surface area (TPSA) is 42.7 Å². The van der Waals surface area contributed by atoms with Gasteiger partial charge >= 0.3 is 0 Å². The maximum Gasteiger partial charge on any atom is 0.258 e. The summed E-state index contributed by atoms with van der Waals surface area (Å²) in [5, 5.41) is 0.973. The first-order valence-corrected chi connectivity index (χ1v) is 8.61. The Morgan fingerprint density at radius 2 is 2.04 bits per heavy atom. The predicted molar refractivity (Wildman–Crippen MR) is 97.0 cm³/mol. The Hall–Kier alpha value is -2.75. The number of likely N-dealkylation sites (tertiary alicyclic amines) is 1. The molecular formula is C21H21NO3. The van der Waals surface area contributed by atoms with Gasteiger partial charge in [0.1, 0.15) is 17.1 Å². The van der Waals surface area contributed by atoms with Crippen LogP contribution in [0.4, 0.5) is 0 Å². The van der Waals surface area contributed by atoms with E-state index in [0.29, 0.717) is 11.1 Å². The summed E-state index contributed by atoms with van der Waals surface area (Å²) in [6.45, 7) is 2.67. The number of nitrogens with zero attached hydrogens (tertiary/aromatic N) is 1. The first kappa shape index (κ1) is 15.8. The van der Waals surface area contributed by atoms with Crippen molar-refractivity contribution in [1.82, 2.24) is 4.90 Å². The fourth-order valence-corrected chi connectivity index (χ4v) is 3.72. The Labute approximate surface area is 147 Å². The number of benzene rings is 2. The second-order valence-electron chi connectivity index (χ2n) is 6.51. The molecule has 3 aromatic rings. The van der Waals surface area contributed by atoms with E-state index < -0.39 is 0 Å². The molecule has 1 aromatic heterocycles. The number of hydrogen-bond acceptors (Lipinski definition) is 3. The van der Waals surface area contributed by atoms with Crippen LogP contribution in [0.15, 0.2) is 52.9 Å². The number of fused-ring (bicyclic) bond motifs is 1. The second kappa shape index (κ2) is 6.28. The Morgan fingerprint density at radius 3 is 2.88 bits per heavy atom. The summed E-state index contributed by atoms with van der Waals surface area (Å²) in [6, 6.07) is 15.8. The zero-order valence-corrected chi connectivity index (χ0v) is 14.5. The third-order valence-corrected chi connectivity index (χ3v) is 4.89. The molecule has 1 saturated heterocycles. The van der Waals surface area contributed by atoms with Gasteiger partial charge in [0.05, 0.1) is 18.7 Å². The minimum absolute atomic E-state index is 0.0327. The molecule has 0 bridgehead atoms. The number of methoxy groups -OCH3 is 1. The molecule has 1 aliphatic rings. The van der Waals surface area contributed by atoms with E-state index in [-0.39, 0.29) is 11.9 Å². The molecule has 1 fully saturated rings. The van der Waals surface area contributed by atoms with Gasteiger partial charge in [0.15, 0.2) is 0 Å². The van der Waals surface area contributed by atoms with Gasteiger partial charge in [-0.05, 0) is 49.6 Å². The summed E-state index contributed by atoms with van der Waals surface area (Å²) >= 11 is 0. The van der Waals surface area contributed by atoms with Crippen molar-refractivity contribution in [3.63, 3.8) is 0 Å². The van der Waals surface area contributed by atoms with Crippen molar-refractivity contribution in [3.8, 4) is 5.75 Å². The van der Waals surface area contributed by atoms with Gasteiger partial charge in [0.2, 0.25) is 0 Å². The maximum absolute atomic E-state index is 13.2. The van der Waals surface area contributed by atoms with Crippen LogP contribution < -0.4 is 4.74 Å². The van der Waals surface area contributed by atoms with Gasteiger partial charge in [0, 0.05) is 11.9 Å². The average Bonchev–Trinajstić information content (AvgIpc) is 3.26. The molecule has 1 amide bonds. The van der Waals surface area contributed by atoms with Crippen molar-refractivity contribution in [2.75, 3.05) is 13.7 Å². The highest BCUT2D eigenvalue weighted by molar-refractivity contribution is 6.05. The number of carbonyl (C=O) groups is 1. The smallest absolute Gasteiger partial charge is 0.258 e. The van der Waals surface area contributed by atoms with E-state index in [9.17, 15) is 4.79 Å². The minimum atomic E-state index is 0.0327. The molecule has 128 valence electrons. The van der Waals surface area contributed by atoms with E-state index in [1.54, 1.807) is 7.11 Å². The molecule has 25 heavy (non-hydrogen) atoms. The van der Waals surface area contributed by atoms with Gasteiger partial charge < -0.3 is 14.1 Å². The molecule has 0 unspecified atom stereocenters. The van der Waals surface area contributed by atoms with Crippen LogP contribution in [0.3, 0.4) is 0 Å². The number of hydrogen-bond donors (Lipinski definition) is 0. The van der Waals surface area contributed by atoms with Crippen LogP contribution in [-0.4, -0.2) is 24.5 Å². The van der Waals surface area contributed by atoms with E-state index in [1.807, 2.05) is 54.3 Å². The number of aryl methyl sites for hydroxylation is 1.